The van der Waals surface area contributed by atoms with Crippen LogP contribution in [0.5, 0.6) is 0 Å². The molecule has 11 heteroatoms. The van der Waals surface area contributed by atoms with Gasteiger partial charge in [0.05, 0.1) is 10.8 Å². The fraction of sp³-hybridized carbons (Fsp3) is 0.263. The highest BCUT2D eigenvalue weighted by Gasteiger charge is 2.36. The fourth-order valence-corrected chi connectivity index (χ4v) is 5.12. The number of benzene rings is 2. The first-order chi connectivity index (χ1) is 14.4. The summed E-state index contributed by atoms with van der Waals surface area (Å²) in [6.07, 6.45) is 1.17. The number of nitrogens with zero attached hydrogens (tertiary/aromatic N) is 4. The van der Waals surface area contributed by atoms with Crippen molar-refractivity contribution in [3.63, 3.8) is 0 Å². The molecule has 0 radical (unpaired) electrons. The normalized spacial score (nSPS) is 17.7. The van der Waals surface area contributed by atoms with E-state index in [2.05, 4.69) is 10.2 Å². The highest BCUT2D eigenvalue weighted by atomic mass is 32.2. The minimum absolute atomic E-state index is 0.0689. The summed E-state index contributed by atoms with van der Waals surface area (Å²) in [5.74, 6) is -0.250. The maximum absolute atomic E-state index is 13.1. The van der Waals surface area contributed by atoms with Crippen molar-refractivity contribution < 1.29 is 22.1 Å². The monoisotopic (exact) mass is 432 g/mol. The van der Waals surface area contributed by atoms with Gasteiger partial charge in [-0.1, -0.05) is 12.1 Å². The molecule has 0 N–H and O–H groups in total. The summed E-state index contributed by atoms with van der Waals surface area (Å²) in [6.45, 7) is 0.309. The lowest BCUT2D eigenvalue weighted by Crippen LogP contribution is -2.39. The van der Waals surface area contributed by atoms with Crippen LogP contribution in [0.1, 0.15) is 24.7 Å². The number of para-hydroxylation sites is 1. The summed E-state index contributed by atoms with van der Waals surface area (Å²) in [7, 11) is -4.07. The maximum Gasteiger partial charge on any atom is 0.289 e. The molecular formula is C19H17FN4O5S. The molecule has 3 aromatic rings. The molecule has 1 aliphatic rings. The van der Waals surface area contributed by atoms with Crippen molar-refractivity contribution in [3.05, 3.63) is 70.4 Å². The van der Waals surface area contributed by atoms with Gasteiger partial charge in [0.15, 0.2) is 4.90 Å². The van der Waals surface area contributed by atoms with Gasteiger partial charge in [-0.15, -0.1) is 10.2 Å². The van der Waals surface area contributed by atoms with Crippen LogP contribution in [-0.4, -0.2) is 40.9 Å². The Morgan fingerprint density at radius 1 is 1.13 bits per heavy atom. The van der Waals surface area contributed by atoms with Crippen LogP contribution in [0.2, 0.25) is 0 Å². The molecule has 2 aromatic carbocycles. The third kappa shape index (κ3) is 3.81. The molecule has 0 spiro atoms. The number of nitro benzene ring substituents is 1. The third-order valence-electron chi connectivity index (χ3n) is 4.94. The molecule has 1 aliphatic heterocycles. The van der Waals surface area contributed by atoms with Crippen molar-refractivity contribution in [2.45, 2.75) is 23.7 Å². The molecule has 1 atom stereocenters. The fourth-order valence-electron chi connectivity index (χ4n) is 3.44. The van der Waals surface area contributed by atoms with Crippen molar-refractivity contribution in [2.24, 2.45) is 0 Å². The first kappa shape index (κ1) is 20.1. The predicted molar refractivity (Wildman–Crippen MR) is 104 cm³/mol. The van der Waals surface area contributed by atoms with Gasteiger partial charge in [0.25, 0.3) is 5.69 Å². The molecule has 2 heterocycles. The van der Waals surface area contributed by atoms with Crippen LogP contribution in [0.25, 0.3) is 11.5 Å². The molecule has 0 aliphatic carbocycles. The van der Waals surface area contributed by atoms with E-state index in [0.717, 1.165) is 0 Å². The van der Waals surface area contributed by atoms with E-state index in [9.17, 15) is 22.9 Å². The smallest absolute Gasteiger partial charge is 0.289 e. The van der Waals surface area contributed by atoms with E-state index in [-0.39, 0.29) is 41.5 Å². The Bertz CT molecular complexity index is 1180. The van der Waals surface area contributed by atoms with Gasteiger partial charge in [-0.25, -0.2) is 12.8 Å². The van der Waals surface area contributed by atoms with Gasteiger partial charge in [0.1, 0.15) is 5.82 Å². The maximum atomic E-state index is 13.1. The van der Waals surface area contributed by atoms with Crippen LogP contribution in [0.15, 0.2) is 57.8 Å². The number of hydrogen-bond donors (Lipinski definition) is 0. The van der Waals surface area contributed by atoms with E-state index in [0.29, 0.717) is 18.4 Å². The Morgan fingerprint density at radius 3 is 2.60 bits per heavy atom. The van der Waals surface area contributed by atoms with Crippen LogP contribution < -0.4 is 0 Å². The van der Waals surface area contributed by atoms with E-state index < -0.39 is 20.6 Å². The molecule has 0 amide bonds. The molecule has 1 saturated heterocycles. The highest BCUT2D eigenvalue weighted by Crippen LogP contribution is 2.33. The van der Waals surface area contributed by atoms with Gasteiger partial charge in [-0.3, -0.25) is 10.1 Å². The molecule has 1 fully saturated rings. The second kappa shape index (κ2) is 7.92. The number of sulfonamides is 1. The third-order valence-corrected chi connectivity index (χ3v) is 6.86. The standard InChI is InChI=1S/C19H17FN4O5S/c20-15-9-7-13(8-10-15)18-21-22-19(29-18)14-4-3-11-23(12-14)30(27,28)17-6-2-1-5-16(17)24(25)26/h1-2,5-10,14H,3-4,11-12H2. The second-order valence-electron chi connectivity index (χ2n) is 6.88. The number of halogens is 1. The quantitative estimate of drug-likeness (QED) is 0.448. The largest absolute Gasteiger partial charge is 0.420 e. The van der Waals surface area contributed by atoms with E-state index in [1.54, 1.807) is 0 Å². The van der Waals surface area contributed by atoms with Gasteiger partial charge in [0, 0.05) is 24.7 Å². The average molecular weight is 432 g/mol. The highest BCUT2D eigenvalue weighted by molar-refractivity contribution is 7.89. The molecule has 156 valence electrons. The van der Waals surface area contributed by atoms with Crippen molar-refractivity contribution in [3.8, 4) is 11.5 Å². The van der Waals surface area contributed by atoms with Crippen LogP contribution in [0, 0.1) is 15.9 Å². The summed E-state index contributed by atoms with van der Waals surface area (Å²) >= 11 is 0. The van der Waals surface area contributed by atoms with Gasteiger partial charge < -0.3 is 4.42 Å². The van der Waals surface area contributed by atoms with Gasteiger partial charge in [-0.05, 0) is 43.2 Å². The van der Waals surface area contributed by atoms with Gasteiger partial charge in [-0.2, -0.15) is 4.31 Å². The lowest BCUT2D eigenvalue weighted by molar-refractivity contribution is -0.387. The molecule has 1 unspecified atom stereocenters. The molecule has 9 nitrogen and oxygen atoms in total. The van der Waals surface area contributed by atoms with E-state index in [4.69, 9.17) is 4.42 Å². The first-order valence-corrected chi connectivity index (χ1v) is 10.6. The summed E-state index contributed by atoms with van der Waals surface area (Å²) < 4.78 is 46.2. The Kier molecular flexibility index (Phi) is 5.31. The Hall–Kier alpha value is -3.18. The van der Waals surface area contributed by atoms with Crippen LogP contribution in [0.4, 0.5) is 10.1 Å². The SMILES string of the molecule is O=[N+]([O-])c1ccccc1S(=O)(=O)N1CCCC(c2nnc(-c3ccc(F)cc3)o2)C1. The molecule has 4 rings (SSSR count). The minimum atomic E-state index is -4.07. The zero-order valence-electron chi connectivity index (χ0n) is 15.6. The lowest BCUT2D eigenvalue weighted by Gasteiger charge is -2.30. The number of piperidine rings is 1. The lowest BCUT2D eigenvalue weighted by atomic mass is 10.00. The predicted octanol–water partition coefficient (Wildman–Crippen LogP) is 3.35. The van der Waals surface area contributed by atoms with Gasteiger partial charge in [0.2, 0.25) is 21.8 Å². The molecule has 1 aromatic heterocycles. The molecule has 0 bridgehead atoms. The number of rotatable bonds is 5. The van der Waals surface area contributed by atoms with Crippen LogP contribution in [0.3, 0.4) is 0 Å². The summed E-state index contributed by atoms with van der Waals surface area (Å²) in [4.78, 5) is 10.2. The van der Waals surface area contributed by atoms with Crippen molar-refractivity contribution in [1.82, 2.24) is 14.5 Å². The first-order valence-electron chi connectivity index (χ1n) is 9.19. The second-order valence-corrected chi connectivity index (χ2v) is 8.79. The minimum Gasteiger partial charge on any atom is -0.420 e. The summed E-state index contributed by atoms with van der Waals surface area (Å²) in [6, 6.07) is 10.9. The molecular weight excluding hydrogens is 415 g/mol. The number of nitro groups is 1. The average Bonchev–Trinajstić information content (AvgIpc) is 3.24. The van der Waals surface area contributed by atoms with Crippen molar-refractivity contribution >= 4 is 15.7 Å². The zero-order valence-corrected chi connectivity index (χ0v) is 16.5. The zero-order chi connectivity index (χ0) is 21.3. The van der Waals surface area contributed by atoms with Crippen molar-refractivity contribution in [2.75, 3.05) is 13.1 Å². The Balaban J connectivity index is 1.58. The molecule has 0 saturated carbocycles. The summed E-state index contributed by atoms with van der Waals surface area (Å²) in [5.41, 5.74) is 0.0892. The molecule has 30 heavy (non-hydrogen) atoms. The van der Waals surface area contributed by atoms with E-state index >= 15 is 0 Å². The van der Waals surface area contributed by atoms with Crippen molar-refractivity contribution in [1.29, 1.82) is 0 Å². The van der Waals surface area contributed by atoms with Crippen LogP contribution in [-0.2, 0) is 10.0 Å². The number of hydrogen-bond acceptors (Lipinski definition) is 7. The van der Waals surface area contributed by atoms with Crippen LogP contribution >= 0.6 is 0 Å². The van der Waals surface area contributed by atoms with Gasteiger partial charge >= 0.3 is 0 Å². The Morgan fingerprint density at radius 2 is 1.87 bits per heavy atom. The topological polar surface area (TPSA) is 119 Å². The van der Waals surface area contributed by atoms with E-state index in [1.165, 1.54) is 52.8 Å². The summed E-state index contributed by atoms with van der Waals surface area (Å²) in [5, 5.41) is 19.3. The van der Waals surface area contributed by atoms with E-state index in [1.807, 2.05) is 0 Å². The number of aromatic nitrogens is 2. The Labute approximate surface area is 171 Å².